The molecule has 108 valence electrons. The molecule has 0 atom stereocenters. The predicted molar refractivity (Wildman–Crippen MR) is 84.5 cm³/mol. The van der Waals surface area contributed by atoms with Crippen LogP contribution < -0.4 is 5.73 Å². The Labute approximate surface area is 121 Å². The molecule has 0 saturated carbocycles. The molecule has 1 aromatic heterocycles. The number of rotatable bonds is 1. The fraction of sp³-hybridized carbons (Fsp3) is 0.529. The van der Waals surface area contributed by atoms with Crippen LogP contribution in [-0.4, -0.2) is 15.0 Å². The first-order valence-electron chi connectivity index (χ1n) is 7.37. The van der Waals surface area contributed by atoms with Gasteiger partial charge in [-0.15, -0.1) is 0 Å². The second-order valence-corrected chi connectivity index (χ2v) is 6.99. The molecule has 3 heteroatoms. The molecule has 3 nitrogen and oxygen atoms in total. The predicted octanol–water partition coefficient (Wildman–Crippen LogP) is 3.06. The van der Waals surface area contributed by atoms with Crippen molar-refractivity contribution in [2.24, 2.45) is 12.8 Å². The number of hydrogen-bond donors (Lipinski definition) is 1. The second kappa shape index (κ2) is 4.34. The molecule has 1 aliphatic rings. The summed E-state index contributed by atoms with van der Waals surface area (Å²) in [6, 6.07) is 4.73. The maximum Gasteiger partial charge on any atom is 0.0486 e. The second-order valence-electron chi connectivity index (χ2n) is 6.99. The van der Waals surface area contributed by atoms with Gasteiger partial charge < -0.3 is 10.3 Å². The van der Waals surface area contributed by atoms with Gasteiger partial charge >= 0.3 is 0 Å². The molecule has 2 aromatic rings. The molecule has 0 fully saturated rings. The quantitative estimate of drug-likeness (QED) is 0.865. The van der Waals surface area contributed by atoms with Crippen LogP contribution in [0.2, 0.25) is 0 Å². The highest BCUT2D eigenvalue weighted by atomic mass is 15.2. The molecule has 0 unspecified atom stereocenters. The number of nitrogens with zero attached hydrogens (tertiary/aromatic N) is 2. The van der Waals surface area contributed by atoms with Crippen molar-refractivity contribution in [1.82, 2.24) is 9.47 Å². The van der Waals surface area contributed by atoms with E-state index < -0.39 is 0 Å². The maximum atomic E-state index is 5.95. The number of aryl methyl sites for hydroxylation is 1. The van der Waals surface area contributed by atoms with Gasteiger partial charge in [0.25, 0.3) is 0 Å². The minimum absolute atomic E-state index is 0.220. The molecule has 2 heterocycles. The summed E-state index contributed by atoms with van der Waals surface area (Å²) in [7, 11) is 2.14. The first-order valence-corrected chi connectivity index (χ1v) is 7.37. The van der Waals surface area contributed by atoms with Gasteiger partial charge in [-0.2, -0.15) is 0 Å². The summed E-state index contributed by atoms with van der Waals surface area (Å²) < 4.78 is 2.28. The van der Waals surface area contributed by atoms with Crippen molar-refractivity contribution in [3.8, 4) is 0 Å². The van der Waals surface area contributed by atoms with Crippen molar-refractivity contribution < 1.29 is 0 Å². The van der Waals surface area contributed by atoms with Crippen LogP contribution in [0.3, 0.4) is 0 Å². The Morgan fingerprint density at radius 3 is 2.30 bits per heavy atom. The van der Waals surface area contributed by atoms with Crippen LogP contribution in [0, 0.1) is 6.92 Å². The number of benzene rings is 1. The zero-order chi connectivity index (χ0) is 14.7. The minimum atomic E-state index is 0.220. The summed E-state index contributed by atoms with van der Waals surface area (Å²) in [6.45, 7) is 11.7. The summed E-state index contributed by atoms with van der Waals surface area (Å²) in [6.07, 6.45) is 0. The number of hydrogen-bond acceptors (Lipinski definition) is 2. The average Bonchev–Trinajstić information content (AvgIpc) is 2.88. The van der Waals surface area contributed by atoms with Crippen molar-refractivity contribution in [3.63, 3.8) is 0 Å². The lowest BCUT2D eigenvalue weighted by Gasteiger charge is -2.31. The Kier molecular flexibility index (Phi) is 2.96. The lowest BCUT2D eigenvalue weighted by Crippen LogP contribution is -2.36. The SMILES string of the molecule is Cc1c(CN)c2cc3c(cc2n1C)CN(C(C)(C)C)C3. The van der Waals surface area contributed by atoms with Gasteiger partial charge in [0.2, 0.25) is 0 Å². The van der Waals surface area contributed by atoms with Gasteiger partial charge in [0.15, 0.2) is 0 Å². The van der Waals surface area contributed by atoms with Gasteiger partial charge in [0.1, 0.15) is 0 Å². The standard InChI is InChI=1S/C17H25N3/c1-11-15(8-18)14-6-12-9-20(17(2,3)4)10-13(12)7-16(14)19(11)5/h6-7H,8-10,18H2,1-5H3. The van der Waals surface area contributed by atoms with Crippen molar-refractivity contribution in [2.75, 3.05) is 0 Å². The van der Waals surface area contributed by atoms with E-state index in [1.54, 1.807) is 0 Å². The third kappa shape index (κ3) is 1.88. The smallest absolute Gasteiger partial charge is 0.0486 e. The van der Waals surface area contributed by atoms with Crippen molar-refractivity contribution >= 4 is 10.9 Å². The van der Waals surface area contributed by atoms with E-state index in [1.165, 1.54) is 33.3 Å². The zero-order valence-electron chi connectivity index (χ0n) is 13.2. The van der Waals surface area contributed by atoms with Gasteiger partial charge in [-0.1, -0.05) is 0 Å². The Morgan fingerprint density at radius 1 is 1.15 bits per heavy atom. The molecule has 0 radical (unpaired) electrons. The monoisotopic (exact) mass is 271 g/mol. The normalized spacial score (nSPS) is 16.1. The van der Waals surface area contributed by atoms with Gasteiger partial charge in [0, 0.05) is 48.8 Å². The highest BCUT2D eigenvalue weighted by molar-refractivity contribution is 5.87. The summed E-state index contributed by atoms with van der Waals surface area (Å²) >= 11 is 0. The molecule has 0 bridgehead atoms. The summed E-state index contributed by atoms with van der Waals surface area (Å²) in [5, 5.41) is 1.34. The van der Waals surface area contributed by atoms with E-state index in [2.05, 4.69) is 56.3 Å². The minimum Gasteiger partial charge on any atom is -0.348 e. The van der Waals surface area contributed by atoms with Crippen LogP contribution in [0.1, 0.15) is 43.2 Å². The van der Waals surface area contributed by atoms with Crippen LogP contribution in [0.4, 0.5) is 0 Å². The van der Waals surface area contributed by atoms with Crippen LogP contribution in [0.5, 0.6) is 0 Å². The summed E-state index contributed by atoms with van der Waals surface area (Å²) in [5.41, 5.74) is 13.0. The molecule has 0 saturated heterocycles. The number of nitrogens with two attached hydrogens (primary N) is 1. The topological polar surface area (TPSA) is 34.2 Å². The molecule has 0 spiro atoms. The van der Waals surface area contributed by atoms with Crippen LogP contribution in [-0.2, 0) is 26.7 Å². The van der Waals surface area contributed by atoms with E-state index in [4.69, 9.17) is 5.73 Å². The Hall–Kier alpha value is -1.32. The molecule has 1 aliphatic heterocycles. The first kappa shape index (κ1) is 13.7. The van der Waals surface area contributed by atoms with E-state index in [9.17, 15) is 0 Å². The Bertz CT molecular complexity index is 674. The van der Waals surface area contributed by atoms with Gasteiger partial charge in [-0.05, 0) is 56.5 Å². The highest BCUT2D eigenvalue weighted by Crippen LogP contribution is 2.34. The summed E-state index contributed by atoms with van der Waals surface area (Å²) in [4.78, 5) is 2.53. The lowest BCUT2D eigenvalue weighted by molar-refractivity contribution is 0.136. The average molecular weight is 271 g/mol. The number of aromatic nitrogens is 1. The Morgan fingerprint density at radius 2 is 1.75 bits per heavy atom. The first-order chi connectivity index (χ1) is 9.32. The van der Waals surface area contributed by atoms with Crippen molar-refractivity contribution in [1.29, 1.82) is 0 Å². The van der Waals surface area contributed by atoms with Crippen molar-refractivity contribution in [3.05, 3.63) is 34.5 Å². The van der Waals surface area contributed by atoms with Gasteiger partial charge in [-0.3, -0.25) is 4.90 Å². The van der Waals surface area contributed by atoms with E-state index in [0.29, 0.717) is 6.54 Å². The van der Waals surface area contributed by atoms with Gasteiger partial charge in [-0.25, -0.2) is 0 Å². The van der Waals surface area contributed by atoms with Gasteiger partial charge in [0.05, 0.1) is 0 Å². The fourth-order valence-electron chi connectivity index (χ4n) is 3.27. The molecule has 20 heavy (non-hydrogen) atoms. The molecule has 0 amide bonds. The molecule has 2 N–H and O–H groups in total. The van der Waals surface area contributed by atoms with Crippen LogP contribution in [0.15, 0.2) is 12.1 Å². The highest BCUT2D eigenvalue weighted by Gasteiger charge is 2.29. The molecule has 0 aliphatic carbocycles. The third-order valence-electron chi connectivity index (χ3n) is 4.82. The van der Waals surface area contributed by atoms with Crippen LogP contribution in [0.25, 0.3) is 10.9 Å². The lowest BCUT2D eigenvalue weighted by atomic mass is 10.0. The van der Waals surface area contributed by atoms with Crippen LogP contribution >= 0.6 is 0 Å². The maximum absolute atomic E-state index is 5.95. The van der Waals surface area contributed by atoms with E-state index in [1.807, 2.05) is 0 Å². The van der Waals surface area contributed by atoms with E-state index >= 15 is 0 Å². The fourth-order valence-corrected chi connectivity index (χ4v) is 3.27. The zero-order valence-corrected chi connectivity index (χ0v) is 13.2. The molecule has 3 rings (SSSR count). The Balaban J connectivity index is 2.14. The number of fused-ring (bicyclic) bond motifs is 2. The van der Waals surface area contributed by atoms with E-state index in [0.717, 1.165) is 13.1 Å². The molecular weight excluding hydrogens is 246 g/mol. The molecule has 1 aromatic carbocycles. The van der Waals surface area contributed by atoms with Crippen molar-refractivity contribution in [2.45, 2.75) is 52.9 Å². The summed E-state index contributed by atoms with van der Waals surface area (Å²) in [5.74, 6) is 0. The van der Waals surface area contributed by atoms with E-state index in [-0.39, 0.29) is 5.54 Å². The largest absolute Gasteiger partial charge is 0.348 e. The third-order valence-corrected chi connectivity index (χ3v) is 4.82. The molecular formula is C17H25N3.